The summed E-state index contributed by atoms with van der Waals surface area (Å²) in [5.74, 6) is 0. The lowest BCUT2D eigenvalue weighted by atomic mass is 9.83. The molecule has 1 aliphatic carbocycles. The van der Waals surface area contributed by atoms with E-state index in [-0.39, 0.29) is 19.4 Å². The quantitative estimate of drug-likeness (QED) is 0.155. The van der Waals surface area contributed by atoms with Gasteiger partial charge in [0.15, 0.2) is 18.9 Å². The van der Waals surface area contributed by atoms with E-state index in [0.29, 0.717) is 6.42 Å². The molecule has 0 aromatic rings. The Bertz CT molecular complexity index is 727. The first-order valence-corrected chi connectivity index (χ1v) is 12.4. The number of aliphatic hydroxyl groups is 4. The van der Waals surface area contributed by atoms with Crippen molar-refractivity contribution in [2.75, 3.05) is 13.7 Å². The molecular formula is C21H42N6O9. The van der Waals surface area contributed by atoms with Gasteiger partial charge >= 0.3 is 0 Å². The van der Waals surface area contributed by atoms with Gasteiger partial charge in [0.1, 0.15) is 18.3 Å². The molecule has 0 bridgehead atoms. The van der Waals surface area contributed by atoms with Crippen LogP contribution in [0, 0.1) is 0 Å². The molecule has 15 heteroatoms. The molecule has 1 saturated carbocycles. The first kappa shape index (κ1) is 28.4. The lowest BCUT2D eigenvalue weighted by molar-refractivity contribution is -0.366. The molecule has 16 atom stereocenters. The third-order valence-corrected chi connectivity index (χ3v) is 7.68. The molecule has 3 heterocycles. The van der Waals surface area contributed by atoms with Gasteiger partial charge < -0.3 is 78.1 Å². The normalized spacial score (nSPS) is 54.2. The van der Waals surface area contributed by atoms with Crippen molar-refractivity contribution in [3.8, 4) is 0 Å². The summed E-state index contributed by atoms with van der Waals surface area (Å²) in [6.45, 7) is -0.330. The van der Waals surface area contributed by atoms with Crippen LogP contribution in [-0.2, 0) is 23.7 Å². The summed E-state index contributed by atoms with van der Waals surface area (Å²) in [5, 5.41) is 44.3. The SMILES string of the molecule is CNC1C(O[C@H]2OC(CO)[C@@H](N)CC2O)O[C@H]2CC(N)[C@@H](O[C@@H]3C(N)C[C@@H](N)C(O)C3N)OC2C1O. The van der Waals surface area contributed by atoms with Crippen LogP contribution in [-0.4, -0.2) is 132 Å². The number of aliphatic hydroxyl groups excluding tert-OH is 4. The maximum Gasteiger partial charge on any atom is 0.187 e. The van der Waals surface area contributed by atoms with Crippen LogP contribution in [0.2, 0.25) is 0 Å². The van der Waals surface area contributed by atoms with Crippen molar-refractivity contribution in [2.24, 2.45) is 28.7 Å². The van der Waals surface area contributed by atoms with Crippen molar-refractivity contribution in [1.29, 1.82) is 0 Å². The fraction of sp³-hybridized carbons (Fsp3) is 1.00. The summed E-state index contributed by atoms with van der Waals surface area (Å²) in [5.41, 5.74) is 30.4. The molecule has 0 amide bonds. The average molecular weight is 523 g/mol. The molecule has 210 valence electrons. The van der Waals surface area contributed by atoms with Gasteiger partial charge in [-0.15, -0.1) is 0 Å². The fourth-order valence-electron chi connectivity index (χ4n) is 5.51. The van der Waals surface area contributed by atoms with Crippen LogP contribution in [0.5, 0.6) is 0 Å². The maximum absolute atomic E-state index is 11.1. The van der Waals surface area contributed by atoms with Gasteiger partial charge in [-0.25, -0.2) is 0 Å². The molecule has 3 aliphatic heterocycles. The van der Waals surface area contributed by atoms with E-state index < -0.39 is 97.8 Å². The van der Waals surface area contributed by atoms with Crippen LogP contribution in [0.4, 0.5) is 0 Å². The minimum Gasteiger partial charge on any atom is -0.394 e. The molecule has 10 unspecified atom stereocenters. The summed E-state index contributed by atoms with van der Waals surface area (Å²) in [4.78, 5) is 0. The smallest absolute Gasteiger partial charge is 0.187 e. The van der Waals surface area contributed by atoms with Gasteiger partial charge in [0, 0.05) is 18.1 Å². The second-order valence-corrected chi connectivity index (χ2v) is 10.3. The van der Waals surface area contributed by atoms with Crippen molar-refractivity contribution in [1.82, 2.24) is 5.32 Å². The monoisotopic (exact) mass is 522 g/mol. The van der Waals surface area contributed by atoms with E-state index in [0.717, 1.165) is 0 Å². The Morgan fingerprint density at radius 3 is 2.17 bits per heavy atom. The molecule has 0 aromatic carbocycles. The zero-order valence-electron chi connectivity index (χ0n) is 20.3. The Balaban J connectivity index is 1.42. The van der Waals surface area contributed by atoms with E-state index in [1.165, 1.54) is 0 Å². The molecule has 4 aliphatic rings. The third-order valence-electron chi connectivity index (χ3n) is 7.68. The van der Waals surface area contributed by atoms with Gasteiger partial charge in [0.2, 0.25) is 0 Å². The number of rotatable bonds is 6. The van der Waals surface area contributed by atoms with Crippen LogP contribution in [0.15, 0.2) is 0 Å². The van der Waals surface area contributed by atoms with Crippen molar-refractivity contribution >= 4 is 0 Å². The number of hydrogen-bond donors (Lipinski definition) is 10. The zero-order chi connectivity index (χ0) is 26.3. The van der Waals surface area contributed by atoms with E-state index in [4.69, 9.17) is 52.4 Å². The minimum absolute atomic E-state index is 0.166. The van der Waals surface area contributed by atoms with Crippen molar-refractivity contribution < 1.29 is 44.1 Å². The first-order valence-electron chi connectivity index (χ1n) is 12.4. The summed E-state index contributed by atoms with van der Waals surface area (Å²) < 4.78 is 29.7. The molecule has 4 fully saturated rings. The van der Waals surface area contributed by atoms with Crippen LogP contribution in [0.3, 0.4) is 0 Å². The molecule has 36 heavy (non-hydrogen) atoms. The Hall–Kier alpha value is -0.600. The molecule has 3 saturated heterocycles. The van der Waals surface area contributed by atoms with E-state index in [1.807, 2.05) is 0 Å². The Morgan fingerprint density at radius 1 is 0.778 bits per heavy atom. The third kappa shape index (κ3) is 5.56. The molecule has 0 radical (unpaired) electrons. The van der Waals surface area contributed by atoms with E-state index >= 15 is 0 Å². The highest BCUT2D eigenvalue weighted by Gasteiger charge is 2.53. The van der Waals surface area contributed by atoms with Crippen LogP contribution in [0.25, 0.3) is 0 Å². The van der Waals surface area contributed by atoms with E-state index in [2.05, 4.69) is 5.32 Å². The van der Waals surface area contributed by atoms with Crippen molar-refractivity contribution in [3.63, 3.8) is 0 Å². The number of fused-ring (bicyclic) bond motifs is 1. The zero-order valence-corrected chi connectivity index (χ0v) is 20.3. The highest BCUT2D eigenvalue weighted by atomic mass is 16.8. The molecule has 4 rings (SSSR count). The summed E-state index contributed by atoms with van der Waals surface area (Å²) in [6, 6.07) is -3.89. The predicted molar refractivity (Wildman–Crippen MR) is 124 cm³/mol. The van der Waals surface area contributed by atoms with Crippen molar-refractivity contribution in [3.05, 3.63) is 0 Å². The first-order chi connectivity index (χ1) is 17.0. The van der Waals surface area contributed by atoms with Gasteiger partial charge in [-0.2, -0.15) is 0 Å². The van der Waals surface area contributed by atoms with E-state index in [9.17, 15) is 20.4 Å². The Morgan fingerprint density at radius 2 is 1.50 bits per heavy atom. The van der Waals surface area contributed by atoms with Crippen molar-refractivity contribution in [2.45, 2.75) is 117 Å². The van der Waals surface area contributed by atoms with Gasteiger partial charge in [-0.1, -0.05) is 0 Å². The summed E-state index contributed by atoms with van der Waals surface area (Å²) in [7, 11) is 1.62. The number of ether oxygens (including phenoxy) is 5. The lowest BCUT2D eigenvalue weighted by Crippen LogP contribution is -2.70. The fourth-order valence-corrected chi connectivity index (χ4v) is 5.51. The topological polar surface area (TPSA) is 269 Å². The number of likely N-dealkylation sites (N-methyl/N-ethyl adjacent to an activating group) is 1. The number of nitrogens with two attached hydrogens (primary N) is 5. The Kier molecular flexibility index (Phi) is 9.19. The van der Waals surface area contributed by atoms with E-state index in [1.54, 1.807) is 7.05 Å². The van der Waals surface area contributed by atoms with Crippen LogP contribution < -0.4 is 34.0 Å². The second-order valence-electron chi connectivity index (χ2n) is 10.3. The Labute approximate surface area is 209 Å². The number of hydrogen-bond acceptors (Lipinski definition) is 15. The number of nitrogens with one attached hydrogen (secondary N) is 1. The molecule has 0 aromatic heterocycles. The average Bonchev–Trinajstić information content (AvgIpc) is 2.83. The molecule has 0 spiro atoms. The molecular weight excluding hydrogens is 480 g/mol. The predicted octanol–water partition coefficient (Wildman–Crippen LogP) is -5.95. The minimum atomic E-state index is -1.12. The summed E-state index contributed by atoms with van der Waals surface area (Å²) in [6.07, 6.45) is -8.46. The molecule has 15 nitrogen and oxygen atoms in total. The summed E-state index contributed by atoms with van der Waals surface area (Å²) >= 11 is 0. The van der Waals surface area contributed by atoms with Gasteiger partial charge in [-0.05, 0) is 26.3 Å². The standard InChI is InChI=1S/C21H42N6O9/c1-27-14-16(31)18-11(32-21(14)36-20-10(29)3-6(22)12(5-28)33-20)4-9(25)19(35-18)34-17-8(24)2-7(23)15(30)13(17)26/h6-21,27-31H,2-5,22-26H2,1H3/t6-,7+,8?,9?,10?,11-,12?,13?,14?,15?,16?,17+,18?,19-,20+,21?/m0/s1. The maximum atomic E-state index is 11.1. The highest BCUT2D eigenvalue weighted by molar-refractivity contribution is 5.02. The largest absolute Gasteiger partial charge is 0.394 e. The van der Waals surface area contributed by atoms with Crippen LogP contribution >= 0.6 is 0 Å². The highest BCUT2D eigenvalue weighted by Crippen LogP contribution is 2.35. The lowest BCUT2D eigenvalue weighted by Gasteiger charge is -2.51. The second kappa shape index (κ2) is 11.6. The van der Waals surface area contributed by atoms with Crippen LogP contribution in [0.1, 0.15) is 19.3 Å². The van der Waals surface area contributed by atoms with Gasteiger partial charge in [-0.3, -0.25) is 0 Å². The van der Waals surface area contributed by atoms with Gasteiger partial charge in [0.25, 0.3) is 0 Å². The molecule has 15 N–H and O–H groups in total. The van der Waals surface area contributed by atoms with Gasteiger partial charge in [0.05, 0.1) is 49.1 Å².